The van der Waals surface area contributed by atoms with Gasteiger partial charge in [0.2, 0.25) is 0 Å². The topological polar surface area (TPSA) is 15.3 Å². The van der Waals surface area contributed by atoms with Gasteiger partial charge in [0.15, 0.2) is 0 Å². The molecule has 0 aliphatic carbocycles. The van der Waals surface area contributed by atoms with Gasteiger partial charge in [0.05, 0.1) is 10.7 Å². The highest BCUT2D eigenvalue weighted by atomic mass is 127. The molecule has 1 fully saturated rings. The van der Waals surface area contributed by atoms with Crippen molar-refractivity contribution in [3.8, 4) is 0 Å². The number of halogens is 2. The molecule has 4 heteroatoms. The van der Waals surface area contributed by atoms with Gasteiger partial charge in [0.25, 0.3) is 0 Å². The molecule has 1 N–H and O–H groups in total. The second-order valence-corrected chi connectivity index (χ2v) is 5.55. The lowest BCUT2D eigenvalue weighted by Gasteiger charge is -2.34. The van der Waals surface area contributed by atoms with Crippen LogP contribution >= 0.6 is 34.2 Å². The Morgan fingerprint density at radius 2 is 2.33 bits per heavy atom. The summed E-state index contributed by atoms with van der Waals surface area (Å²) in [5.74, 6) is 0. The summed E-state index contributed by atoms with van der Waals surface area (Å²) in [5, 5.41) is 4.28. The molecule has 1 unspecified atom stereocenters. The Balaban J connectivity index is 2.21. The third-order valence-corrected chi connectivity index (χ3v) is 3.59. The van der Waals surface area contributed by atoms with Gasteiger partial charge < -0.3 is 10.2 Å². The lowest BCUT2D eigenvalue weighted by Crippen LogP contribution is -2.49. The lowest BCUT2D eigenvalue weighted by molar-refractivity contribution is 0.485. The second kappa shape index (κ2) is 4.89. The van der Waals surface area contributed by atoms with Crippen LogP contribution in [0, 0.1) is 3.57 Å². The van der Waals surface area contributed by atoms with E-state index in [2.05, 4.69) is 51.9 Å². The van der Waals surface area contributed by atoms with Crippen LogP contribution < -0.4 is 10.2 Å². The number of piperazine rings is 1. The van der Waals surface area contributed by atoms with E-state index >= 15 is 0 Å². The van der Waals surface area contributed by atoms with E-state index < -0.39 is 0 Å². The molecule has 82 valence electrons. The van der Waals surface area contributed by atoms with Gasteiger partial charge in [-0.15, -0.1) is 0 Å². The van der Waals surface area contributed by atoms with Crippen molar-refractivity contribution in [2.24, 2.45) is 0 Å². The fraction of sp³-hybridized carbons (Fsp3) is 0.455. The predicted octanol–water partition coefficient (Wildman–Crippen LogP) is 2.74. The van der Waals surface area contributed by atoms with E-state index in [-0.39, 0.29) is 0 Å². The zero-order valence-corrected chi connectivity index (χ0v) is 11.5. The third-order valence-electron chi connectivity index (χ3n) is 2.62. The summed E-state index contributed by atoms with van der Waals surface area (Å²) in [4.78, 5) is 2.35. The van der Waals surface area contributed by atoms with E-state index in [1.165, 1.54) is 3.57 Å². The van der Waals surface area contributed by atoms with Gasteiger partial charge in [-0.1, -0.05) is 11.6 Å². The standard InChI is InChI=1S/C11H14ClIN2/c1-8-7-15(5-4-14-8)11-3-2-9(13)6-10(11)12/h2-3,6,8,14H,4-5,7H2,1H3. The Bertz CT molecular complexity index is 356. The summed E-state index contributed by atoms with van der Waals surface area (Å²) in [6.45, 7) is 5.29. The summed E-state index contributed by atoms with van der Waals surface area (Å²) in [6.07, 6.45) is 0. The van der Waals surface area contributed by atoms with Crippen molar-refractivity contribution in [3.63, 3.8) is 0 Å². The van der Waals surface area contributed by atoms with E-state index in [0.29, 0.717) is 6.04 Å². The molecule has 0 bridgehead atoms. The fourth-order valence-corrected chi connectivity index (χ4v) is 2.86. The maximum absolute atomic E-state index is 6.24. The van der Waals surface area contributed by atoms with Gasteiger partial charge >= 0.3 is 0 Å². The Morgan fingerprint density at radius 1 is 1.53 bits per heavy atom. The molecule has 2 nitrogen and oxygen atoms in total. The summed E-state index contributed by atoms with van der Waals surface area (Å²) in [6, 6.07) is 6.77. The van der Waals surface area contributed by atoms with Crippen LogP contribution in [0.2, 0.25) is 5.02 Å². The number of hydrogen-bond acceptors (Lipinski definition) is 2. The van der Waals surface area contributed by atoms with Crippen molar-refractivity contribution in [1.82, 2.24) is 5.32 Å². The van der Waals surface area contributed by atoms with Crippen LogP contribution in [0.4, 0.5) is 5.69 Å². The van der Waals surface area contributed by atoms with E-state index in [4.69, 9.17) is 11.6 Å². The third kappa shape index (κ3) is 2.77. The van der Waals surface area contributed by atoms with E-state index in [1.807, 2.05) is 6.07 Å². The van der Waals surface area contributed by atoms with Crippen LogP contribution in [0.5, 0.6) is 0 Å². The second-order valence-electron chi connectivity index (χ2n) is 3.90. The molecule has 0 amide bonds. The Labute approximate surface area is 109 Å². The minimum absolute atomic E-state index is 0.536. The van der Waals surface area contributed by atoms with Crippen molar-refractivity contribution < 1.29 is 0 Å². The SMILES string of the molecule is CC1CN(c2ccc(I)cc2Cl)CCN1. The highest BCUT2D eigenvalue weighted by molar-refractivity contribution is 14.1. The van der Waals surface area contributed by atoms with Crippen molar-refractivity contribution >= 4 is 39.9 Å². The van der Waals surface area contributed by atoms with Crippen molar-refractivity contribution in [3.05, 3.63) is 26.8 Å². The first kappa shape index (κ1) is 11.5. The maximum Gasteiger partial charge on any atom is 0.0650 e. The van der Waals surface area contributed by atoms with E-state index in [0.717, 1.165) is 30.3 Å². The van der Waals surface area contributed by atoms with Gasteiger partial charge in [-0.05, 0) is 47.7 Å². The largest absolute Gasteiger partial charge is 0.368 e. The van der Waals surface area contributed by atoms with Crippen LogP contribution in [0.1, 0.15) is 6.92 Å². The van der Waals surface area contributed by atoms with E-state index in [9.17, 15) is 0 Å². The molecule has 1 aromatic carbocycles. The fourth-order valence-electron chi connectivity index (χ4n) is 1.89. The molecule has 1 heterocycles. The first-order valence-electron chi connectivity index (χ1n) is 5.10. The first-order chi connectivity index (χ1) is 7.16. The monoisotopic (exact) mass is 336 g/mol. The number of hydrogen-bond donors (Lipinski definition) is 1. The highest BCUT2D eigenvalue weighted by Gasteiger charge is 2.17. The molecule has 2 rings (SSSR count). The molecular weight excluding hydrogens is 322 g/mol. The Hall–Kier alpha value is -0.000000000000000132. The molecule has 1 saturated heterocycles. The predicted molar refractivity (Wildman–Crippen MR) is 73.8 cm³/mol. The van der Waals surface area contributed by atoms with Crippen molar-refractivity contribution in [2.75, 3.05) is 24.5 Å². The van der Waals surface area contributed by atoms with Crippen LogP contribution in [0.3, 0.4) is 0 Å². The quantitative estimate of drug-likeness (QED) is 0.793. The van der Waals surface area contributed by atoms with Crippen LogP contribution in [0.25, 0.3) is 0 Å². The molecule has 1 atom stereocenters. The van der Waals surface area contributed by atoms with Crippen LogP contribution in [-0.4, -0.2) is 25.7 Å². The zero-order chi connectivity index (χ0) is 10.8. The molecular formula is C11H14ClIN2. The van der Waals surface area contributed by atoms with Gasteiger partial charge in [0.1, 0.15) is 0 Å². The first-order valence-corrected chi connectivity index (χ1v) is 6.56. The Morgan fingerprint density at radius 3 is 3.00 bits per heavy atom. The van der Waals surface area contributed by atoms with Gasteiger partial charge in [0, 0.05) is 29.2 Å². The number of rotatable bonds is 1. The molecule has 0 radical (unpaired) electrons. The van der Waals surface area contributed by atoms with Crippen LogP contribution in [-0.2, 0) is 0 Å². The highest BCUT2D eigenvalue weighted by Crippen LogP contribution is 2.28. The lowest BCUT2D eigenvalue weighted by atomic mass is 10.2. The van der Waals surface area contributed by atoms with Crippen molar-refractivity contribution in [2.45, 2.75) is 13.0 Å². The number of anilines is 1. The summed E-state index contributed by atoms with van der Waals surface area (Å²) in [7, 11) is 0. The molecule has 0 spiro atoms. The average molecular weight is 337 g/mol. The van der Waals surface area contributed by atoms with Crippen LogP contribution in [0.15, 0.2) is 18.2 Å². The summed E-state index contributed by atoms with van der Waals surface area (Å²) >= 11 is 8.53. The summed E-state index contributed by atoms with van der Waals surface area (Å²) < 4.78 is 1.18. The van der Waals surface area contributed by atoms with Gasteiger partial charge in [-0.3, -0.25) is 0 Å². The molecule has 0 aromatic heterocycles. The number of benzene rings is 1. The average Bonchev–Trinajstić information content (AvgIpc) is 2.17. The molecule has 1 aromatic rings. The maximum atomic E-state index is 6.24. The van der Waals surface area contributed by atoms with E-state index in [1.54, 1.807) is 0 Å². The minimum Gasteiger partial charge on any atom is -0.368 e. The molecule has 0 saturated carbocycles. The molecule has 15 heavy (non-hydrogen) atoms. The zero-order valence-electron chi connectivity index (χ0n) is 8.63. The van der Waals surface area contributed by atoms with Gasteiger partial charge in [-0.2, -0.15) is 0 Å². The molecule has 1 aliphatic heterocycles. The molecule has 1 aliphatic rings. The van der Waals surface area contributed by atoms with Crippen molar-refractivity contribution in [1.29, 1.82) is 0 Å². The smallest absolute Gasteiger partial charge is 0.0650 e. The summed E-state index contributed by atoms with van der Waals surface area (Å²) in [5.41, 5.74) is 1.16. The number of nitrogens with zero attached hydrogens (tertiary/aromatic N) is 1. The van der Waals surface area contributed by atoms with Gasteiger partial charge in [-0.25, -0.2) is 0 Å². The number of nitrogens with one attached hydrogen (secondary N) is 1. The Kier molecular flexibility index (Phi) is 3.74. The normalized spacial score (nSPS) is 21.8. The minimum atomic E-state index is 0.536.